The van der Waals surface area contributed by atoms with Crippen molar-refractivity contribution in [3.8, 4) is 0 Å². The highest BCUT2D eigenvalue weighted by molar-refractivity contribution is 5.29. The lowest BCUT2D eigenvalue weighted by Gasteiger charge is -2.14. The van der Waals surface area contributed by atoms with Crippen LogP contribution in [0.5, 0.6) is 0 Å². The van der Waals surface area contributed by atoms with E-state index >= 15 is 0 Å². The monoisotopic (exact) mass is 222 g/mol. The van der Waals surface area contributed by atoms with Gasteiger partial charge >= 0.3 is 0 Å². The van der Waals surface area contributed by atoms with Gasteiger partial charge in [0.25, 0.3) is 0 Å². The molecule has 16 heavy (non-hydrogen) atoms. The Morgan fingerprint density at radius 2 is 2.06 bits per heavy atom. The fourth-order valence-electron chi connectivity index (χ4n) is 2.63. The highest BCUT2D eigenvalue weighted by Crippen LogP contribution is 2.36. The van der Waals surface area contributed by atoms with Gasteiger partial charge in [0.2, 0.25) is 0 Å². The minimum Gasteiger partial charge on any atom is -0.370 e. The van der Waals surface area contributed by atoms with E-state index in [1.165, 1.54) is 23.4 Å². The number of epoxide rings is 1. The van der Waals surface area contributed by atoms with Crippen LogP contribution in [-0.2, 0) is 11.8 Å². The molecular weight excluding hydrogens is 200 g/mol. The Kier molecular flexibility index (Phi) is 3.06. The zero-order valence-corrected chi connectivity index (χ0v) is 10.9. The van der Waals surface area contributed by atoms with Gasteiger partial charge in [0.1, 0.15) is 0 Å². The van der Waals surface area contributed by atoms with Crippen LogP contribution in [0.2, 0.25) is 0 Å². The number of aromatic nitrogens is 2. The van der Waals surface area contributed by atoms with Gasteiger partial charge in [-0.25, -0.2) is 0 Å². The summed E-state index contributed by atoms with van der Waals surface area (Å²) in [5.74, 6) is 0.601. The molecule has 3 nitrogen and oxygen atoms in total. The summed E-state index contributed by atoms with van der Waals surface area (Å²) in [6.07, 6.45) is 3.25. The van der Waals surface area contributed by atoms with Crippen molar-refractivity contribution in [2.75, 3.05) is 0 Å². The summed E-state index contributed by atoms with van der Waals surface area (Å²) in [5.41, 5.74) is 3.92. The van der Waals surface area contributed by atoms with E-state index in [9.17, 15) is 0 Å². The smallest absolute Gasteiger partial charge is 0.0844 e. The second kappa shape index (κ2) is 4.21. The van der Waals surface area contributed by atoms with Gasteiger partial charge in [-0.1, -0.05) is 6.92 Å². The van der Waals surface area contributed by atoms with E-state index in [0.717, 1.165) is 6.42 Å². The van der Waals surface area contributed by atoms with Gasteiger partial charge in [-0.05, 0) is 45.1 Å². The molecule has 0 saturated carbocycles. The van der Waals surface area contributed by atoms with Crippen molar-refractivity contribution in [2.45, 2.75) is 58.7 Å². The Balaban J connectivity index is 2.18. The number of rotatable bonds is 4. The molecule has 3 unspecified atom stereocenters. The van der Waals surface area contributed by atoms with Crippen LogP contribution in [0.1, 0.15) is 49.6 Å². The summed E-state index contributed by atoms with van der Waals surface area (Å²) >= 11 is 0. The number of ether oxygens (including phenoxy) is 1. The Morgan fingerprint density at radius 1 is 1.44 bits per heavy atom. The van der Waals surface area contributed by atoms with E-state index in [2.05, 4.69) is 32.8 Å². The van der Waals surface area contributed by atoms with Crippen molar-refractivity contribution in [3.05, 3.63) is 17.0 Å². The highest BCUT2D eigenvalue weighted by Gasteiger charge is 2.36. The average Bonchev–Trinajstić information content (AvgIpc) is 2.85. The summed E-state index contributed by atoms with van der Waals surface area (Å²) in [6, 6.07) is 0. The molecule has 1 aromatic rings. The van der Waals surface area contributed by atoms with Gasteiger partial charge in [0.15, 0.2) is 0 Å². The zero-order valence-electron chi connectivity index (χ0n) is 10.9. The molecule has 0 aliphatic carbocycles. The van der Waals surface area contributed by atoms with Gasteiger partial charge in [0.05, 0.1) is 17.9 Å². The van der Waals surface area contributed by atoms with Crippen LogP contribution in [0.15, 0.2) is 0 Å². The molecule has 1 fully saturated rings. The van der Waals surface area contributed by atoms with E-state index in [1.807, 2.05) is 11.7 Å². The van der Waals surface area contributed by atoms with Crippen LogP contribution >= 0.6 is 0 Å². The lowest BCUT2D eigenvalue weighted by molar-refractivity contribution is 0.357. The molecule has 0 amide bonds. The standard InChI is InChI=1S/C13H22N2O/c1-6-11(7-12-10(4)16-12)13-8(2)14-15(5)9(13)3/h10-12H,6-7H2,1-5H3. The summed E-state index contributed by atoms with van der Waals surface area (Å²) in [5, 5.41) is 4.50. The molecule has 1 aromatic heterocycles. The molecule has 0 spiro atoms. The topological polar surface area (TPSA) is 30.4 Å². The molecule has 90 valence electrons. The number of hydrogen-bond donors (Lipinski definition) is 0. The summed E-state index contributed by atoms with van der Waals surface area (Å²) in [7, 11) is 2.02. The first kappa shape index (κ1) is 11.6. The fraction of sp³-hybridized carbons (Fsp3) is 0.769. The van der Waals surface area contributed by atoms with Crippen molar-refractivity contribution < 1.29 is 4.74 Å². The Labute approximate surface area is 97.8 Å². The van der Waals surface area contributed by atoms with Crippen LogP contribution < -0.4 is 0 Å². The molecule has 3 atom stereocenters. The molecule has 2 rings (SSSR count). The van der Waals surface area contributed by atoms with Crippen LogP contribution in [0.4, 0.5) is 0 Å². The van der Waals surface area contributed by atoms with Crippen molar-refractivity contribution in [3.63, 3.8) is 0 Å². The normalized spacial score (nSPS) is 25.8. The predicted octanol–water partition coefficient (Wildman–Crippen LogP) is 2.71. The fourth-order valence-corrected chi connectivity index (χ4v) is 2.63. The lowest BCUT2D eigenvalue weighted by atomic mass is 9.90. The molecule has 1 aliphatic heterocycles. The minimum absolute atomic E-state index is 0.464. The molecular formula is C13H22N2O. The van der Waals surface area contributed by atoms with Crippen LogP contribution in [-0.4, -0.2) is 22.0 Å². The van der Waals surface area contributed by atoms with E-state index in [1.54, 1.807) is 0 Å². The van der Waals surface area contributed by atoms with Crippen LogP contribution in [0.3, 0.4) is 0 Å². The predicted molar refractivity (Wildman–Crippen MR) is 64.7 cm³/mol. The lowest BCUT2D eigenvalue weighted by Crippen LogP contribution is -2.05. The van der Waals surface area contributed by atoms with E-state index < -0.39 is 0 Å². The third kappa shape index (κ3) is 2.01. The molecule has 2 heterocycles. The number of aryl methyl sites for hydroxylation is 2. The van der Waals surface area contributed by atoms with Gasteiger partial charge in [-0.15, -0.1) is 0 Å². The SMILES string of the molecule is CCC(CC1OC1C)c1c(C)nn(C)c1C. The van der Waals surface area contributed by atoms with Crippen molar-refractivity contribution in [2.24, 2.45) is 7.05 Å². The van der Waals surface area contributed by atoms with Gasteiger partial charge in [-0.2, -0.15) is 5.10 Å². The molecule has 1 saturated heterocycles. The Bertz CT molecular complexity index is 384. The molecule has 0 radical (unpaired) electrons. The van der Waals surface area contributed by atoms with Crippen molar-refractivity contribution in [1.29, 1.82) is 0 Å². The maximum absolute atomic E-state index is 5.53. The van der Waals surface area contributed by atoms with Gasteiger partial charge < -0.3 is 4.74 Å². The Morgan fingerprint density at radius 3 is 2.44 bits per heavy atom. The van der Waals surface area contributed by atoms with Crippen molar-refractivity contribution >= 4 is 0 Å². The molecule has 3 heteroatoms. The maximum atomic E-state index is 5.53. The summed E-state index contributed by atoms with van der Waals surface area (Å²) in [4.78, 5) is 0. The van der Waals surface area contributed by atoms with Crippen LogP contribution in [0, 0.1) is 13.8 Å². The third-order valence-corrected chi connectivity index (χ3v) is 3.82. The second-order valence-corrected chi connectivity index (χ2v) is 4.93. The van der Waals surface area contributed by atoms with E-state index in [0.29, 0.717) is 18.1 Å². The molecule has 0 bridgehead atoms. The summed E-state index contributed by atoms with van der Waals surface area (Å²) < 4.78 is 7.52. The van der Waals surface area contributed by atoms with E-state index in [4.69, 9.17) is 4.74 Å². The number of hydrogen-bond acceptors (Lipinski definition) is 2. The zero-order chi connectivity index (χ0) is 11.9. The Hall–Kier alpha value is -0.830. The average molecular weight is 222 g/mol. The van der Waals surface area contributed by atoms with Gasteiger partial charge in [-0.3, -0.25) is 4.68 Å². The molecule has 0 aromatic carbocycles. The third-order valence-electron chi connectivity index (χ3n) is 3.82. The minimum atomic E-state index is 0.464. The van der Waals surface area contributed by atoms with Crippen LogP contribution in [0.25, 0.3) is 0 Å². The van der Waals surface area contributed by atoms with Crippen molar-refractivity contribution in [1.82, 2.24) is 9.78 Å². The molecule has 0 N–H and O–H groups in total. The number of nitrogens with zero attached hydrogens (tertiary/aromatic N) is 2. The highest BCUT2D eigenvalue weighted by atomic mass is 16.6. The first-order valence-electron chi connectivity index (χ1n) is 6.20. The largest absolute Gasteiger partial charge is 0.370 e. The second-order valence-electron chi connectivity index (χ2n) is 4.93. The van der Waals surface area contributed by atoms with E-state index in [-0.39, 0.29) is 0 Å². The maximum Gasteiger partial charge on any atom is 0.0844 e. The first-order chi connectivity index (χ1) is 7.54. The summed E-state index contributed by atoms with van der Waals surface area (Å²) in [6.45, 7) is 8.68. The van der Waals surface area contributed by atoms with Gasteiger partial charge in [0, 0.05) is 12.7 Å². The quantitative estimate of drug-likeness (QED) is 0.733. The first-order valence-corrected chi connectivity index (χ1v) is 6.20. The molecule has 1 aliphatic rings.